The molecule has 0 atom stereocenters. The van der Waals surface area contributed by atoms with Gasteiger partial charge in [0.25, 0.3) is 0 Å². The number of aromatic nitrogens is 1. The first kappa shape index (κ1) is 12.9. The number of rotatable bonds is 4. The Kier molecular flexibility index (Phi) is 3.99. The molecule has 0 spiro atoms. The summed E-state index contributed by atoms with van der Waals surface area (Å²) >= 11 is 0. The van der Waals surface area contributed by atoms with E-state index in [0.29, 0.717) is 11.5 Å². The molecule has 1 aromatic heterocycles. The van der Waals surface area contributed by atoms with Gasteiger partial charge in [0.15, 0.2) is 0 Å². The summed E-state index contributed by atoms with van der Waals surface area (Å²) in [5.74, 6) is 1.48. The molecule has 0 aliphatic heterocycles. The van der Waals surface area contributed by atoms with Crippen molar-refractivity contribution < 1.29 is 4.74 Å². The zero-order valence-corrected chi connectivity index (χ0v) is 10.9. The molecule has 4 nitrogen and oxygen atoms in total. The predicted molar refractivity (Wildman–Crippen MR) is 74.4 cm³/mol. The van der Waals surface area contributed by atoms with Gasteiger partial charge in [0.1, 0.15) is 23.3 Å². The average molecular weight is 253 g/mol. The molecule has 1 aromatic carbocycles. The zero-order chi connectivity index (χ0) is 13.7. The van der Waals surface area contributed by atoms with E-state index in [1.807, 2.05) is 50.2 Å². The molecule has 0 aliphatic carbocycles. The number of nitriles is 1. The first-order valence-corrected chi connectivity index (χ1v) is 6.08. The summed E-state index contributed by atoms with van der Waals surface area (Å²) in [7, 11) is 0. The lowest BCUT2D eigenvalue weighted by atomic mass is 10.3. The Morgan fingerprint density at radius 1 is 1.16 bits per heavy atom. The second-order valence-corrected chi connectivity index (χ2v) is 4.34. The van der Waals surface area contributed by atoms with Crippen LogP contribution >= 0.6 is 0 Å². The van der Waals surface area contributed by atoms with Crippen LogP contribution in [-0.4, -0.2) is 11.1 Å². The van der Waals surface area contributed by atoms with Crippen molar-refractivity contribution in [1.82, 2.24) is 4.98 Å². The predicted octanol–water partition coefficient (Wildman–Crippen LogP) is 3.48. The molecular weight excluding hydrogens is 238 g/mol. The highest BCUT2D eigenvalue weighted by Gasteiger charge is 2.00. The quantitative estimate of drug-likeness (QED) is 0.906. The van der Waals surface area contributed by atoms with Gasteiger partial charge in [0.05, 0.1) is 6.10 Å². The van der Waals surface area contributed by atoms with Crippen LogP contribution in [0.25, 0.3) is 0 Å². The molecule has 0 saturated carbocycles. The number of nitrogens with zero attached hydrogens (tertiary/aromatic N) is 2. The maximum absolute atomic E-state index is 8.79. The normalized spacial score (nSPS) is 10.0. The van der Waals surface area contributed by atoms with E-state index in [0.717, 1.165) is 11.4 Å². The van der Waals surface area contributed by atoms with Crippen LogP contribution in [0.15, 0.2) is 42.5 Å². The van der Waals surface area contributed by atoms with Gasteiger partial charge in [-0.1, -0.05) is 6.07 Å². The van der Waals surface area contributed by atoms with E-state index in [1.165, 1.54) is 0 Å². The fourth-order valence-corrected chi connectivity index (χ4v) is 1.60. The molecule has 19 heavy (non-hydrogen) atoms. The fraction of sp³-hybridized carbons (Fsp3) is 0.200. The van der Waals surface area contributed by atoms with Gasteiger partial charge in [-0.3, -0.25) is 0 Å². The Morgan fingerprint density at radius 3 is 2.53 bits per heavy atom. The van der Waals surface area contributed by atoms with Crippen molar-refractivity contribution in [2.75, 3.05) is 5.32 Å². The van der Waals surface area contributed by atoms with Crippen LogP contribution in [0.2, 0.25) is 0 Å². The molecule has 0 bridgehead atoms. The SMILES string of the molecule is CC(C)Oc1ccc(Nc2cccc(C#N)n2)cc1. The van der Waals surface area contributed by atoms with Crippen molar-refractivity contribution >= 4 is 11.5 Å². The number of ether oxygens (including phenoxy) is 1. The van der Waals surface area contributed by atoms with Gasteiger partial charge < -0.3 is 10.1 Å². The molecule has 0 amide bonds. The summed E-state index contributed by atoms with van der Waals surface area (Å²) in [6, 6.07) is 14.9. The van der Waals surface area contributed by atoms with Gasteiger partial charge in [0, 0.05) is 5.69 Å². The minimum absolute atomic E-state index is 0.160. The zero-order valence-electron chi connectivity index (χ0n) is 10.9. The number of nitrogens with one attached hydrogen (secondary N) is 1. The largest absolute Gasteiger partial charge is 0.491 e. The molecule has 0 saturated heterocycles. The summed E-state index contributed by atoms with van der Waals surface area (Å²) in [6.45, 7) is 3.98. The highest BCUT2D eigenvalue weighted by atomic mass is 16.5. The van der Waals surface area contributed by atoms with Crippen molar-refractivity contribution in [2.45, 2.75) is 20.0 Å². The van der Waals surface area contributed by atoms with Crippen LogP contribution in [0.1, 0.15) is 19.5 Å². The molecule has 2 aromatic rings. The molecule has 2 rings (SSSR count). The minimum atomic E-state index is 0.160. The third-order valence-electron chi connectivity index (χ3n) is 2.36. The van der Waals surface area contributed by atoms with Crippen LogP contribution in [0.5, 0.6) is 5.75 Å². The van der Waals surface area contributed by atoms with Gasteiger partial charge in [-0.25, -0.2) is 4.98 Å². The molecule has 0 unspecified atom stereocenters. The van der Waals surface area contributed by atoms with Crippen LogP contribution in [0, 0.1) is 11.3 Å². The number of hydrogen-bond donors (Lipinski definition) is 1. The topological polar surface area (TPSA) is 57.9 Å². The lowest BCUT2D eigenvalue weighted by Gasteiger charge is -2.10. The van der Waals surface area contributed by atoms with Gasteiger partial charge in [-0.15, -0.1) is 0 Å². The maximum atomic E-state index is 8.79. The van der Waals surface area contributed by atoms with Crippen molar-refractivity contribution in [1.29, 1.82) is 5.26 Å². The first-order valence-electron chi connectivity index (χ1n) is 6.08. The second-order valence-electron chi connectivity index (χ2n) is 4.34. The van der Waals surface area contributed by atoms with Crippen molar-refractivity contribution in [3.05, 3.63) is 48.2 Å². The van der Waals surface area contributed by atoms with Crippen LogP contribution < -0.4 is 10.1 Å². The highest BCUT2D eigenvalue weighted by molar-refractivity contribution is 5.57. The van der Waals surface area contributed by atoms with Gasteiger partial charge >= 0.3 is 0 Å². The number of benzene rings is 1. The molecule has 4 heteroatoms. The number of pyridine rings is 1. The Labute approximate surface area is 112 Å². The Bertz CT molecular complexity index is 585. The molecular formula is C15H15N3O. The third-order valence-corrected chi connectivity index (χ3v) is 2.36. The monoisotopic (exact) mass is 253 g/mol. The molecule has 1 heterocycles. The van der Waals surface area contributed by atoms with Gasteiger partial charge in [-0.2, -0.15) is 5.26 Å². The third kappa shape index (κ3) is 3.71. The van der Waals surface area contributed by atoms with Gasteiger partial charge in [0.2, 0.25) is 0 Å². The van der Waals surface area contributed by atoms with Gasteiger partial charge in [-0.05, 0) is 50.2 Å². The fourth-order valence-electron chi connectivity index (χ4n) is 1.60. The van der Waals surface area contributed by atoms with E-state index >= 15 is 0 Å². The molecule has 0 aliphatic rings. The summed E-state index contributed by atoms with van der Waals surface area (Å²) < 4.78 is 5.57. The summed E-state index contributed by atoms with van der Waals surface area (Å²) in [5, 5.41) is 11.9. The van der Waals surface area contributed by atoms with E-state index in [2.05, 4.69) is 10.3 Å². The van der Waals surface area contributed by atoms with Crippen molar-refractivity contribution in [2.24, 2.45) is 0 Å². The Morgan fingerprint density at radius 2 is 1.89 bits per heavy atom. The molecule has 0 radical (unpaired) electrons. The maximum Gasteiger partial charge on any atom is 0.142 e. The van der Waals surface area contributed by atoms with E-state index in [9.17, 15) is 0 Å². The highest BCUT2D eigenvalue weighted by Crippen LogP contribution is 2.19. The second kappa shape index (κ2) is 5.87. The van der Waals surface area contributed by atoms with E-state index in [-0.39, 0.29) is 6.10 Å². The minimum Gasteiger partial charge on any atom is -0.491 e. The first-order chi connectivity index (χ1) is 9.17. The smallest absolute Gasteiger partial charge is 0.142 e. The summed E-state index contributed by atoms with van der Waals surface area (Å²) in [5.41, 5.74) is 1.29. The van der Waals surface area contributed by atoms with Crippen LogP contribution in [0.4, 0.5) is 11.5 Å². The average Bonchev–Trinajstić information content (AvgIpc) is 2.41. The van der Waals surface area contributed by atoms with Crippen LogP contribution in [-0.2, 0) is 0 Å². The summed E-state index contributed by atoms with van der Waals surface area (Å²) in [4.78, 5) is 4.15. The van der Waals surface area contributed by atoms with E-state index in [4.69, 9.17) is 10.00 Å². The van der Waals surface area contributed by atoms with Crippen LogP contribution in [0.3, 0.4) is 0 Å². The number of anilines is 2. The Hall–Kier alpha value is -2.54. The summed E-state index contributed by atoms with van der Waals surface area (Å²) in [6.07, 6.45) is 0.160. The van der Waals surface area contributed by atoms with Crippen molar-refractivity contribution in [3.63, 3.8) is 0 Å². The van der Waals surface area contributed by atoms with Crippen molar-refractivity contribution in [3.8, 4) is 11.8 Å². The lowest BCUT2D eigenvalue weighted by molar-refractivity contribution is 0.242. The Balaban J connectivity index is 2.09. The standard InChI is InChI=1S/C15H15N3O/c1-11(2)19-14-8-6-12(7-9-14)17-15-5-3-4-13(10-16)18-15/h3-9,11H,1-2H3,(H,17,18). The number of hydrogen-bond acceptors (Lipinski definition) is 4. The lowest BCUT2D eigenvalue weighted by Crippen LogP contribution is -2.05. The molecule has 96 valence electrons. The molecule has 0 fully saturated rings. The van der Waals surface area contributed by atoms with E-state index < -0.39 is 0 Å². The van der Waals surface area contributed by atoms with E-state index in [1.54, 1.807) is 12.1 Å². The molecule has 1 N–H and O–H groups in total.